The van der Waals surface area contributed by atoms with Gasteiger partial charge >= 0.3 is 11.9 Å². The molecule has 0 saturated carbocycles. The zero-order chi connectivity index (χ0) is 39.8. The molecule has 0 aromatic carbocycles. The third-order valence-electron chi connectivity index (χ3n) is 9.84. The SMILES string of the molecule is CCCCCCCCCCCCCCCCCC(=O)OC[C@H](COP(=O)([O-])OCCNC(C)=O)OC(=O)CCCCCCCCCCCCCCCCC. The van der Waals surface area contributed by atoms with Crippen molar-refractivity contribution in [1.29, 1.82) is 0 Å². The first kappa shape index (κ1) is 52.5. The van der Waals surface area contributed by atoms with E-state index in [2.05, 4.69) is 19.2 Å². The fourth-order valence-corrected chi connectivity index (χ4v) is 7.23. The van der Waals surface area contributed by atoms with Gasteiger partial charge < -0.3 is 28.7 Å². The minimum Gasteiger partial charge on any atom is -0.756 e. The van der Waals surface area contributed by atoms with Gasteiger partial charge in [-0.25, -0.2) is 0 Å². The summed E-state index contributed by atoms with van der Waals surface area (Å²) in [7, 11) is -4.73. The Kier molecular flexibility index (Phi) is 38.7. The van der Waals surface area contributed by atoms with Crippen molar-refractivity contribution in [3.8, 4) is 0 Å². The van der Waals surface area contributed by atoms with Gasteiger partial charge in [0, 0.05) is 26.3 Å². The first-order valence-corrected chi connectivity index (χ1v) is 23.9. The van der Waals surface area contributed by atoms with Crippen LogP contribution in [0.2, 0.25) is 0 Å². The monoisotopic (exact) mass is 789 g/mol. The third kappa shape index (κ3) is 40.2. The molecule has 0 heterocycles. The van der Waals surface area contributed by atoms with E-state index >= 15 is 0 Å². The molecule has 0 aliphatic heterocycles. The lowest BCUT2D eigenvalue weighted by molar-refractivity contribution is -0.228. The molecule has 10 nitrogen and oxygen atoms in total. The molecular formula is C43H83NO9P-. The first-order valence-electron chi connectivity index (χ1n) is 22.4. The summed E-state index contributed by atoms with van der Waals surface area (Å²) in [6.07, 6.45) is 36.3. The van der Waals surface area contributed by atoms with E-state index in [9.17, 15) is 23.8 Å². The Balaban J connectivity index is 4.28. The van der Waals surface area contributed by atoms with Gasteiger partial charge in [0.2, 0.25) is 5.91 Å². The number of phosphoric acid groups is 1. The highest BCUT2D eigenvalue weighted by Gasteiger charge is 2.21. The van der Waals surface area contributed by atoms with E-state index in [1.807, 2.05) is 0 Å². The van der Waals surface area contributed by atoms with Crippen LogP contribution in [0.4, 0.5) is 0 Å². The summed E-state index contributed by atoms with van der Waals surface area (Å²) in [6, 6.07) is 0. The van der Waals surface area contributed by atoms with E-state index in [0.29, 0.717) is 6.42 Å². The highest BCUT2D eigenvalue weighted by molar-refractivity contribution is 7.45. The topological polar surface area (TPSA) is 140 Å². The van der Waals surface area contributed by atoms with E-state index in [0.717, 1.165) is 38.5 Å². The van der Waals surface area contributed by atoms with Crippen LogP contribution in [0.15, 0.2) is 0 Å². The molecular weight excluding hydrogens is 705 g/mol. The van der Waals surface area contributed by atoms with Crippen LogP contribution in [0.5, 0.6) is 0 Å². The zero-order valence-electron chi connectivity index (χ0n) is 35.2. The Morgan fingerprint density at radius 2 is 0.870 bits per heavy atom. The summed E-state index contributed by atoms with van der Waals surface area (Å²) >= 11 is 0. The van der Waals surface area contributed by atoms with Crippen LogP contribution < -0.4 is 10.2 Å². The summed E-state index contributed by atoms with van der Waals surface area (Å²) in [5, 5.41) is 2.44. The Morgan fingerprint density at radius 3 is 1.24 bits per heavy atom. The van der Waals surface area contributed by atoms with Crippen molar-refractivity contribution in [3.63, 3.8) is 0 Å². The molecule has 0 rings (SSSR count). The summed E-state index contributed by atoms with van der Waals surface area (Å²) in [4.78, 5) is 48.3. The number of hydrogen-bond acceptors (Lipinski definition) is 9. The standard InChI is InChI=1S/C43H84NO9P/c1-4-6-8-10-12-14-16-18-20-22-24-26-28-30-32-34-42(46)50-38-41(39-52-54(48,49)51-37-36-44-40(3)45)53-43(47)35-33-31-29-27-25-23-21-19-17-15-13-11-9-7-5-2/h41H,4-39H2,1-3H3,(H,44,45)(H,48,49)/p-1/t41-/m1/s1. The molecule has 11 heteroatoms. The summed E-state index contributed by atoms with van der Waals surface area (Å²) in [6.45, 7) is 4.70. The number of ether oxygens (including phenoxy) is 2. The Morgan fingerprint density at radius 1 is 0.519 bits per heavy atom. The molecule has 0 aromatic rings. The van der Waals surface area contributed by atoms with Crippen LogP contribution in [-0.2, 0) is 37.5 Å². The van der Waals surface area contributed by atoms with Gasteiger partial charge in [-0.3, -0.25) is 18.9 Å². The van der Waals surface area contributed by atoms with E-state index in [1.54, 1.807) is 0 Å². The second-order valence-corrected chi connectivity index (χ2v) is 16.7. The molecule has 0 aromatic heterocycles. The number of esters is 2. The molecule has 1 unspecified atom stereocenters. The zero-order valence-corrected chi connectivity index (χ0v) is 36.0. The maximum Gasteiger partial charge on any atom is 0.306 e. The molecule has 1 amide bonds. The molecule has 320 valence electrons. The number of unbranched alkanes of at least 4 members (excludes halogenated alkanes) is 28. The average Bonchev–Trinajstić information content (AvgIpc) is 3.14. The number of carbonyl (C=O) groups is 3. The minimum atomic E-state index is -4.73. The van der Waals surface area contributed by atoms with Gasteiger partial charge in [-0.1, -0.05) is 194 Å². The molecule has 2 atom stereocenters. The molecule has 0 saturated heterocycles. The van der Waals surface area contributed by atoms with Gasteiger partial charge in [-0.15, -0.1) is 0 Å². The van der Waals surface area contributed by atoms with Crippen molar-refractivity contribution in [1.82, 2.24) is 5.32 Å². The maximum absolute atomic E-state index is 12.6. The van der Waals surface area contributed by atoms with Crippen LogP contribution in [0.3, 0.4) is 0 Å². The number of phosphoric ester groups is 1. The lowest BCUT2D eigenvalue weighted by Gasteiger charge is -2.25. The Hall–Kier alpha value is -1.48. The molecule has 0 fully saturated rings. The predicted molar refractivity (Wildman–Crippen MR) is 218 cm³/mol. The van der Waals surface area contributed by atoms with Crippen molar-refractivity contribution in [3.05, 3.63) is 0 Å². The van der Waals surface area contributed by atoms with Gasteiger partial charge in [-0.2, -0.15) is 0 Å². The van der Waals surface area contributed by atoms with Crippen LogP contribution >= 0.6 is 7.82 Å². The summed E-state index contributed by atoms with van der Waals surface area (Å²) < 4.78 is 32.8. The van der Waals surface area contributed by atoms with Gasteiger partial charge in [-0.05, 0) is 12.8 Å². The minimum absolute atomic E-state index is 0.000482. The third-order valence-corrected chi connectivity index (χ3v) is 10.8. The van der Waals surface area contributed by atoms with Crippen LogP contribution in [0.25, 0.3) is 0 Å². The lowest BCUT2D eigenvalue weighted by atomic mass is 10.0. The second kappa shape index (κ2) is 39.7. The number of nitrogens with one attached hydrogen (secondary N) is 1. The highest BCUT2D eigenvalue weighted by atomic mass is 31.2. The van der Waals surface area contributed by atoms with Crippen molar-refractivity contribution >= 4 is 25.7 Å². The van der Waals surface area contributed by atoms with Gasteiger partial charge in [0.25, 0.3) is 7.82 Å². The van der Waals surface area contributed by atoms with Crippen molar-refractivity contribution in [2.24, 2.45) is 0 Å². The quantitative estimate of drug-likeness (QED) is 0.0363. The molecule has 0 aliphatic rings. The van der Waals surface area contributed by atoms with Crippen molar-refractivity contribution in [2.45, 2.75) is 232 Å². The van der Waals surface area contributed by atoms with E-state index < -0.39 is 32.5 Å². The van der Waals surface area contributed by atoms with Gasteiger partial charge in [0.05, 0.1) is 13.2 Å². The molecule has 0 spiro atoms. The fourth-order valence-electron chi connectivity index (χ4n) is 6.50. The summed E-state index contributed by atoms with van der Waals surface area (Å²) in [5.74, 6) is -1.21. The maximum atomic E-state index is 12.6. The van der Waals surface area contributed by atoms with E-state index in [-0.39, 0.29) is 38.5 Å². The molecule has 0 bridgehead atoms. The molecule has 0 aliphatic carbocycles. The fraction of sp³-hybridized carbons (Fsp3) is 0.930. The second-order valence-electron chi connectivity index (χ2n) is 15.3. The van der Waals surface area contributed by atoms with Crippen molar-refractivity contribution < 1.29 is 42.4 Å². The highest BCUT2D eigenvalue weighted by Crippen LogP contribution is 2.38. The van der Waals surface area contributed by atoms with Crippen molar-refractivity contribution in [2.75, 3.05) is 26.4 Å². The molecule has 54 heavy (non-hydrogen) atoms. The van der Waals surface area contributed by atoms with Crippen LogP contribution in [0, 0.1) is 0 Å². The average molecular weight is 789 g/mol. The summed E-state index contributed by atoms with van der Waals surface area (Å²) in [5.41, 5.74) is 0. The van der Waals surface area contributed by atoms with Gasteiger partial charge in [0.1, 0.15) is 6.61 Å². The Labute approximate surface area is 331 Å². The molecule has 1 N–H and O–H groups in total. The van der Waals surface area contributed by atoms with E-state index in [4.69, 9.17) is 18.5 Å². The van der Waals surface area contributed by atoms with Crippen LogP contribution in [-0.4, -0.2) is 50.3 Å². The lowest BCUT2D eigenvalue weighted by Crippen LogP contribution is -2.30. The van der Waals surface area contributed by atoms with E-state index in [1.165, 1.54) is 155 Å². The smallest absolute Gasteiger partial charge is 0.306 e. The number of amides is 1. The normalized spacial score (nSPS) is 13.0. The van der Waals surface area contributed by atoms with Gasteiger partial charge in [0.15, 0.2) is 6.10 Å². The number of hydrogen-bond donors (Lipinski definition) is 1. The molecule has 0 radical (unpaired) electrons. The largest absolute Gasteiger partial charge is 0.756 e. The Bertz CT molecular complexity index is 919. The predicted octanol–water partition coefficient (Wildman–Crippen LogP) is 11.6. The van der Waals surface area contributed by atoms with Crippen LogP contribution in [0.1, 0.15) is 226 Å². The first-order chi connectivity index (χ1) is 26.2. The number of rotatable bonds is 42. The number of carbonyl (C=O) groups excluding carboxylic acids is 3.